The van der Waals surface area contributed by atoms with Gasteiger partial charge in [0.2, 0.25) is 0 Å². The van der Waals surface area contributed by atoms with E-state index in [2.05, 4.69) is 20.3 Å². The van der Waals surface area contributed by atoms with Crippen LogP contribution in [-0.2, 0) is 13.0 Å². The summed E-state index contributed by atoms with van der Waals surface area (Å²) in [7, 11) is 0. The Morgan fingerprint density at radius 1 is 1.35 bits per heavy atom. The summed E-state index contributed by atoms with van der Waals surface area (Å²) in [6, 6.07) is 3.77. The number of aromatic nitrogens is 3. The van der Waals surface area contributed by atoms with Gasteiger partial charge in [-0.15, -0.1) is 0 Å². The van der Waals surface area contributed by atoms with E-state index in [1.54, 1.807) is 12.4 Å². The van der Waals surface area contributed by atoms with Gasteiger partial charge in [-0.25, -0.2) is 4.79 Å². The summed E-state index contributed by atoms with van der Waals surface area (Å²) in [4.78, 5) is 22.5. The minimum absolute atomic E-state index is 0.287. The fraction of sp³-hybridized carbons (Fsp3) is 0.250. The van der Waals surface area contributed by atoms with Gasteiger partial charge in [0.05, 0.1) is 5.69 Å². The Morgan fingerprint density at radius 2 is 2.29 bits per heavy atom. The lowest BCUT2D eigenvalue weighted by Gasteiger charge is -2.18. The van der Waals surface area contributed by atoms with Crippen LogP contribution in [0.1, 0.15) is 11.3 Å². The number of aromatic amines is 1. The molecule has 0 unspecified atom stereocenters. The minimum atomic E-state index is -0.287. The van der Waals surface area contributed by atoms with E-state index in [-0.39, 0.29) is 5.69 Å². The molecule has 0 aromatic carbocycles. The Kier molecular flexibility index (Phi) is 2.45. The van der Waals surface area contributed by atoms with E-state index in [0.717, 1.165) is 42.0 Å². The van der Waals surface area contributed by atoms with Crippen molar-refractivity contribution in [3.05, 3.63) is 46.3 Å². The Bertz CT molecular complexity index is 591. The molecular formula is C12H12N4O. The molecular weight excluding hydrogens is 216 g/mol. The van der Waals surface area contributed by atoms with Crippen molar-refractivity contribution in [1.82, 2.24) is 20.3 Å². The summed E-state index contributed by atoms with van der Waals surface area (Å²) in [6.07, 6.45) is 4.28. The van der Waals surface area contributed by atoms with Crippen LogP contribution < -0.4 is 11.0 Å². The lowest BCUT2D eigenvalue weighted by atomic mass is 10.0. The molecule has 5 heteroatoms. The first-order valence-corrected chi connectivity index (χ1v) is 5.58. The van der Waals surface area contributed by atoms with E-state index in [4.69, 9.17) is 0 Å². The van der Waals surface area contributed by atoms with Gasteiger partial charge in [0, 0.05) is 48.7 Å². The maximum atomic E-state index is 11.5. The van der Waals surface area contributed by atoms with Crippen LogP contribution in [0, 0.1) is 0 Å². The van der Waals surface area contributed by atoms with Crippen LogP contribution in [0.15, 0.2) is 29.3 Å². The number of hydrogen-bond acceptors (Lipinski definition) is 4. The molecule has 2 N–H and O–H groups in total. The normalized spacial score (nSPS) is 14.4. The number of nitrogens with zero attached hydrogens (tertiary/aromatic N) is 2. The Hall–Kier alpha value is -2.01. The van der Waals surface area contributed by atoms with E-state index in [0.29, 0.717) is 0 Å². The molecule has 0 amide bonds. The average Bonchev–Trinajstić information content (AvgIpc) is 2.39. The van der Waals surface area contributed by atoms with Gasteiger partial charge in [-0.3, -0.25) is 4.98 Å². The summed E-state index contributed by atoms with van der Waals surface area (Å²) in [6.45, 7) is 1.63. The molecule has 2 aromatic rings. The quantitative estimate of drug-likeness (QED) is 0.744. The summed E-state index contributed by atoms with van der Waals surface area (Å²) >= 11 is 0. The SMILES string of the molecule is O=c1nc(-c2cccnc2)c2c([nH]1)CCNC2. The van der Waals surface area contributed by atoms with Gasteiger partial charge in [0.25, 0.3) is 0 Å². The van der Waals surface area contributed by atoms with Crippen molar-refractivity contribution in [2.45, 2.75) is 13.0 Å². The zero-order valence-corrected chi connectivity index (χ0v) is 9.23. The second kappa shape index (κ2) is 4.10. The van der Waals surface area contributed by atoms with Crippen molar-refractivity contribution < 1.29 is 0 Å². The summed E-state index contributed by atoms with van der Waals surface area (Å²) in [5.74, 6) is 0. The largest absolute Gasteiger partial charge is 0.345 e. The fourth-order valence-corrected chi connectivity index (χ4v) is 2.12. The highest BCUT2D eigenvalue weighted by Crippen LogP contribution is 2.22. The number of fused-ring (bicyclic) bond motifs is 1. The number of pyridine rings is 1. The van der Waals surface area contributed by atoms with E-state index in [9.17, 15) is 4.79 Å². The van der Waals surface area contributed by atoms with Crippen molar-refractivity contribution in [2.24, 2.45) is 0 Å². The molecule has 0 saturated carbocycles. The van der Waals surface area contributed by atoms with Crippen LogP contribution in [0.3, 0.4) is 0 Å². The lowest BCUT2D eigenvalue weighted by molar-refractivity contribution is 0.624. The molecule has 0 fully saturated rings. The third kappa shape index (κ3) is 1.85. The first-order valence-electron chi connectivity index (χ1n) is 5.58. The van der Waals surface area contributed by atoms with Crippen LogP contribution in [-0.4, -0.2) is 21.5 Å². The van der Waals surface area contributed by atoms with Gasteiger partial charge < -0.3 is 10.3 Å². The van der Waals surface area contributed by atoms with Crippen molar-refractivity contribution in [3.8, 4) is 11.3 Å². The topological polar surface area (TPSA) is 70.7 Å². The highest BCUT2D eigenvalue weighted by atomic mass is 16.1. The number of hydrogen-bond donors (Lipinski definition) is 2. The Balaban J connectivity index is 2.22. The number of H-pyrrole nitrogens is 1. The van der Waals surface area contributed by atoms with Gasteiger partial charge in [0.15, 0.2) is 0 Å². The second-order valence-corrected chi connectivity index (χ2v) is 4.02. The molecule has 1 aliphatic heterocycles. The third-order valence-electron chi connectivity index (χ3n) is 2.91. The van der Waals surface area contributed by atoms with E-state index in [1.165, 1.54) is 0 Å². The van der Waals surface area contributed by atoms with Crippen molar-refractivity contribution in [3.63, 3.8) is 0 Å². The highest BCUT2D eigenvalue weighted by molar-refractivity contribution is 5.62. The molecule has 1 aliphatic rings. The maximum absolute atomic E-state index is 11.5. The first-order chi connectivity index (χ1) is 8.34. The smallest absolute Gasteiger partial charge is 0.312 e. The molecule has 3 rings (SSSR count). The van der Waals surface area contributed by atoms with E-state index >= 15 is 0 Å². The highest BCUT2D eigenvalue weighted by Gasteiger charge is 2.16. The molecule has 17 heavy (non-hydrogen) atoms. The molecule has 0 bridgehead atoms. The zero-order chi connectivity index (χ0) is 11.7. The van der Waals surface area contributed by atoms with Crippen LogP contribution in [0.2, 0.25) is 0 Å². The number of nitrogens with one attached hydrogen (secondary N) is 2. The van der Waals surface area contributed by atoms with Crippen LogP contribution >= 0.6 is 0 Å². The van der Waals surface area contributed by atoms with Gasteiger partial charge in [0.1, 0.15) is 0 Å². The average molecular weight is 228 g/mol. The van der Waals surface area contributed by atoms with Crippen LogP contribution in [0.4, 0.5) is 0 Å². The number of rotatable bonds is 1. The van der Waals surface area contributed by atoms with Gasteiger partial charge in [-0.2, -0.15) is 4.98 Å². The van der Waals surface area contributed by atoms with Crippen LogP contribution in [0.5, 0.6) is 0 Å². The van der Waals surface area contributed by atoms with Crippen LogP contribution in [0.25, 0.3) is 11.3 Å². The molecule has 0 aliphatic carbocycles. The molecule has 3 heterocycles. The van der Waals surface area contributed by atoms with Crippen molar-refractivity contribution >= 4 is 0 Å². The standard InChI is InChI=1S/C12H12N4O/c17-12-15-10-3-5-14-7-9(10)11(16-12)8-2-1-4-13-6-8/h1-2,4,6,14H,3,5,7H2,(H,15,16,17). The molecule has 0 saturated heterocycles. The van der Waals surface area contributed by atoms with Gasteiger partial charge >= 0.3 is 5.69 Å². The zero-order valence-electron chi connectivity index (χ0n) is 9.23. The Morgan fingerprint density at radius 3 is 3.12 bits per heavy atom. The van der Waals surface area contributed by atoms with E-state index < -0.39 is 0 Å². The first kappa shape index (κ1) is 10.2. The maximum Gasteiger partial charge on any atom is 0.345 e. The molecule has 5 nitrogen and oxygen atoms in total. The molecule has 2 aromatic heterocycles. The lowest BCUT2D eigenvalue weighted by Crippen LogP contribution is -2.29. The fourth-order valence-electron chi connectivity index (χ4n) is 2.12. The third-order valence-corrected chi connectivity index (χ3v) is 2.91. The monoisotopic (exact) mass is 228 g/mol. The molecule has 0 radical (unpaired) electrons. The van der Waals surface area contributed by atoms with Gasteiger partial charge in [-0.05, 0) is 12.1 Å². The summed E-state index contributed by atoms with van der Waals surface area (Å²) in [5, 5.41) is 3.29. The second-order valence-electron chi connectivity index (χ2n) is 4.02. The summed E-state index contributed by atoms with van der Waals surface area (Å²) < 4.78 is 0. The van der Waals surface area contributed by atoms with E-state index in [1.807, 2.05) is 12.1 Å². The predicted octanol–water partition coefficient (Wildman–Crippen LogP) is 0.478. The Labute approximate surface area is 97.9 Å². The van der Waals surface area contributed by atoms with Crippen molar-refractivity contribution in [1.29, 1.82) is 0 Å². The van der Waals surface area contributed by atoms with Crippen molar-refractivity contribution in [2.75, 3.05) is 6.54 Å². The molecule has 0 atom stereocenters. The minimum Gasteiger partial charge on any atom is -0.312 e. The predicted molar refractivity (Wildman–Crippen MR) is 63.5 cm³/mol. The summed E-state index contributed by atoms with van der Waals surface area (Å²) in [5.41, 5.74) is 3.40. The molecule has 0 spiro atoms. The van der Waals surface area contributed by atoms with Gasteiger partial charge in [-0.1, -0.05) is 0 Å². The molecule has 86 valence electrons.